The normalized spacial score (nSPS) is 12.8. The van der Waals surface area contributed by atoms with E-state index in [2.05, 4.69) is 24.9 Å². The van der Waals surface area contributed by atoms with Crippen molar-refractivity contribution in [3.8, 4) is 17.5 Å². The summed E-state index contributed by atoms with van der Waals surface area (Å²) in [6, 6.07) is 1.81. The number of aromatic nitrogens is 5. The maximum absolute atomic E-state index is 5.67. The average Bonchev–Trinajstić information content (AvgIpc) is 3.12. The standard InChI is InChI=1S/C12H10N6O3/c13-12-17-9-8(15-4-16-9)11(18-12)19-3-6-1-7-10(14-2-6)21-5-20-7/h1-2,4H,3,5H2,(H3,13,15,16,17,18). The average molecular weight is 286 g/mol. The van der Waals surface area contributed by atoms with Crippen LogP contribution in [0.1, 0.15) is 5.56 Å². The van der Waals surface area contributed by atoms with Gasteiger partial charge in [-0.05, 0) is 6.07 Å². The van der Waals surface area contributed by atoms with E-state index in [0.29, 0.717) is 28.7 Å². The molecule has 0 atom stereocenters. The number of pyridine rings is 1. The predicted octanol–water partition coefficient (Wildman–Crippen LogP) is 0.638. The zero-order chi connectivity index (χ0) is 14.2. The number of rotatable bonds is 3. The molecule has 0 bridgehead atoms. The highest BCUT2D eigenvalue weighted by Crippen LogP contribution is 2.30. The molecule has 0 fully saturated rings. The van der Waals surface area contributed by atoms with Crippen LogP contribution in [0.15, 0.2) is 18.6 Å². The minimum Gasteiger partial charge on any atom is -0.471 e. The van der Waals surface area contributed by atoms with Gasteiger partial charge in [-0.15, -0.1) is 0 Å². The van der Waals surface area contributed by atoms with Gasteiger partial charge in [0.25, 0.3) is 5.88 Å². The molecule has 1 aliphatic heterocycles. The fourth-order valence-corrected chi connectivity index (χ4v) is 1.99. The minimum atomic E-state index is 0.105. The number of nitrogen functional groups attached to an aromatic ring is 1. The number of nitrogens with two attached hydrogens (primary N) is 1. The molecule has 9 nitrogen and oxygen atoms in total. The molecule has 1 aliphatic rings. The number of hydrogen-bond donors (Lipinski definition) is 2. The highest BCUT2D eigenvalue weighted by atomic mass is 16.7. The zero-order valence-corrected chi connectivity index (χ0v) is 10.7. The van der Waals surface area contributed by atoms with Crippen molar-refractivity contribution in [1.29, 1.82) is 0 Å². The third kappa shape index (κ3) is 2.04. The first-order valence-corrected chi connectivity index (χ1v) is 6.13. The van der Waals surface area contributed by atoms with Crippen LogP contribution in [0.5, 0.6) is 17.5 Å². The molecule has 3 N–H and O–H groups in total. The molecule has 4 rings (SSSR count). The van der Waals surface area contributed by atoms with Crippen molar-refractivity contribution in [3.05, 3.63) is 24.2 Å². The monoisotopic (exact) mass is 286 g/mol. The Balaban J connectivity index is 1.59. The second-order valence-corrected chi connectivity index (χ2v) is 4.33. The molecular formula is C12H10N6O3. The van der Waals surface area contributed by atoms with Crippen LogP contribution in [0.4, 0.5) is 5.95 Å². The van der Waals surface area contributed by atoms with Gasteiger partial charge in [0, 0.05) is 11.8 Å². The topological polar surface area (TPSA) is 121 Å². The van der Waals surface area contributed by atoms with Crippen LogP contribution in [-0.2, 0) is 6.61 Å². The third-order valence-electron chi connectivity index (χ3n) is 2.93. The number of nitrogens with one attached hydrogen (secondary N) is 1. The van der Waals surface area contributed by atoms with Gasteiger partial charge in [0.15, 0.2) is 11.4 Å². The Kier molecular flexibility index (Phi) is 2.49. The molecular weight excluding hydrogens is 276 g/mol. The van der Waals surface area contributed by atoms with E-state index in [-0.39, 0.29) is 19.3 Å². The lowest BCUT2D eigenvalue weighted by Gasteiger charge is -2.06. The van der Waals surface area contributed by atoms with Crippen molar-refractivity contribution in [2.45, 2.75) is 6.61 Å². The highest BCUT2D eigenvalue weighted by molar-refractivity contribution is 5.76. The van der Waals surface area contributed by atoms with Crippen molar-refractivity contribution in [2.75, 3.05) is 12.5 Å². The first kappa shape index (κ1) is 11.7. The smallest absolute Gasteiger partial charge is 0.260 e. The maximum Gasteiger partial charge on any atom is 0.260 e. The predicted molar refractivity (Wildman–Crippen MR) is 70.8 cm³/mol. The Bertz CT molecular complexity index is 818. The first-order valence-electron chi connectivity index (χ1n) is 6.13. The van der Waals surface area contributed by atoms with Gasteiger partial charge in [-0.1, -0.05) is 0 Å². The summed E-state index contributed by atoms with van der Waals surface area (Å²) in [5.74, 6) is 1.53. The molecule has 0 amide bonds. The van der Waals surface area contributed by atoms with Gasteiger partial charge in [0.05, 0.1) is 6.33 Å². The van der Waals surface area contributed by atoms with Gasteiger partial charge in [-0.2, -0.15) is 9.97 Å². The van der Waals surface area contributed by atoms with E-state index >= 15 is 0 Å². The van der Waals surface area contributed by atoms with Crippen LogP contribution in [0.25, 0.3) is 11.2 Å². The molecule has 0 unspecified atom stereocenters. The fourth-order valence-electron chi connectivity index (χ4n) is 1.99. The Morgan fingerprint density at radius 3 is 3.19 bits per heavy atom. The van der Waals surface area contributed by atoms with Crippen molar-refractivity contribution in [1.82, 2.24) is 24.9 Å². The van der Waals surface area contributed by atoms with Gasteiger partial charge in [0.2, 0.25) is 18.6 Å². The molecule has 9 heteroatoms. The summed E-state index contributed by atoms with van der Waals surface area (Å²) in [5.41, 5.74) is 7.50. The molecule has 21 heavy (non-hydrogen) atoms. The number of anilines is 1. The number of hydrogen-bond acceptors (Lipinski definition) is 8. The summed E-state index contributed by atoms with van der Waals surface area (Å²) in [7, 11) is 0. The van der Waals surface area contributed by atoms with Crippen LogP contribution >= 0.6 is 0 Å². The fraction of sp³-hybridized carbons (Fsp3) is 0.167. The van der Waals surface area contributed by atoms with E-state index < -0.39 is 0 Å². The Labute approximate surface area is 118 Å². The summed E-state index contributed by atoms with van der Waals surface area (Å²) >= 11 is 0. The number of imidazole rings is 1. The second kappa shape index (κ2) is 4.47. The van der Waals surface area contributed by atoms with E-state index in [1.54, 1.807) is 6.20 Å². The number of H-pyrrole nitrogens is 1. The highest BCUT2D eigenvalue weighted by Gasteiger charge is 2.16. The van der Waals surface area contributed by atoms with Crippen LogP contribution in [-0.4, -0.2) is 31.7 Å². The first-order chi connectivity index (χ1) is 10.3. The van der Waals surface area contributed by atoms with Crippen molar-refractivity contribution in [2.24, 2.45) is 0 Å². The van der Waals surface area contributed by atoms with Crippen LogP contribution in [0, 0.1) is 0 Å². The lowest BCUT2D eigenvalue weighted by molar-refractivity contribution is 0.171. The minimum absolute atomic E-state index is 0.105. The largest absolute Gasteiger partial charge is 0.471 e. The van der Waals surface area contributed by atoms with Crippen molar-refractivity contribution < 1.29 is 14.2 Å². The summed E-state index contributed by atoms with van der Waals surface area (Å²) in [6.45, 7) is 0.443. The van der Waals surface area contributed by atoms with Gasteiger partial charge in [-0.3, -0.25) is 0 Å². The number of ether oxygens (including phenoxy) is 3. The lowest BCUT2D eigenvalue weighted by Crippen LogP contribution is -2.02. The zero-order valence-electron chi connectivity index (χ0n) is 10.7. The summed E-state index contributed by atoms with van der Waals surface area (Å²) in [6.07, 6.45) is 3.16. The molecule has 0 saturated heterocycles. The summed E-state index contributed by atoms with van der Waals surface area (Å²) in [5, 5.41) is 0. The molecule has 0 radical (unpaired) electrons. The van der Waals surface area contributed by atoms with Crippen LogP contribution < -0.4 is 19.9 Å². The van der Waals surface area contributed by atoms with Crippen molar-refractivity contribution >= 4 is 17.1 Å². The quantitative estimate of drug-likeness (QED) is 0.719. The maximum atomic E-state index is 5.67. The van der Waals surface area contributed by atoms with E-state index in [9.17, 15) is 0 Å². The van der Waals surface area contributed by atoms with Gasteiger partial charge in [0.1, 0.15) is 12.1 Å². The van der Waals surface area contributed by atoms with Crippen LogP contribution in [0.2, 0.25) is 0 Å². The number of nitrogens with zero attached hydrogens (tertiary/aromatic N) is 4. The van der Waals surface area contributed by atoms with E-state index in [4.69, 9.17) is 19.9 Å². The molecule has 106 valence electrons. The second-order valence-electron chi connectivity index (χ2n) is 4.33. The summed E-state index contributed by atoms with van der Waals surface area (Å²) in [4.78, 5) is 19.1. The molecule has 3 aromatic heterocycles. The number of fused-ring (bicyclic) bond motifs is 2. The molecule has 0 saturated carbocycles. The molecule has 0 spiro atoms. The molecule has 4 heterocycles. The Morgan fingerprint density at radius 2 is 2.24 bits per heavy atom. The van der Waals surface area contributed by atoms with E-state index in [1.807, 2.05) is 6.07 Å². The van der Waals surface area contributed by atoms with Crippen LogP contribution in [0.3, 0.4) is 0 Å². The van der Waals surface area contributed by atoms with E-state index in [0.717, 1.165) is 5.56 Å². The van der Waals surface area contributed by atoms with E-state index in [1.165, 1.54) is 6.33 Å². The van der Waals surface area contributed by atoms with Gasteiger partial charge < -0.3 is 24.9 Å². The Morgan fingerprint density at radius 1 is 1.29 bits per heavy atom. The molecule has 0 aromatic carbocycles. The van der Waals surface area contributed by atoms with Crippen molar-refractivity contribution in [3.63, 3.8) is 0 Å². The molecule has 3 aromatic rings. The lowest BCUT2D eigenvalue weighted by atomic mass is 10.3. The summed E-state index contributed by atoms with van der Waals surface area (Å²) < 4.78 is 16.1. The third-order valence-corrected chi connectivity index (χ3v) is 2.93. The Hall–Kier alpha value is -3.10. The van der Waals surface area contributed by atoms with Gasteiger partial charge in [-0.25, -0.2) is 9.97 Å². The molecule has 0 aliphatic carbocycles. The SMILES string of the molecule is Nc1nc(OCc2cnc3c(c2)OCO3)c2[nH]cnc2n1. The number of aromatic amines is 1. The van der Waals surface area contributed by atoms with Gasteiger partial charge >= 0.3 is 0 Å².